The molecule has 1 saturated carbocycles. The average molecular weight is 290 g/mol. The lowest BCUT2D eigenvalue weighted by atomic mass is 9.93. The lowest BCUT2D eigenvalue weighted by Gasteiger charge is -2.36. The molecule has 6 heteroatoms. The first-order valence-corrected chi connectivity index (χ1v) is 7.83. The molecule has 2 fully saturated rings. The van der Waals surface area contributed by atoms with Gasteiger partial charge in [0.25, 0.3) is 5.91 Å². The second kappa shape index (κ2) is 4.47. The van der Waals surface area contributed by atoms with Gasteiger partial charge in [0.05, 0.1) is 24.8 Å². The molecular weight excluding hydrogens is 268 g/mol. The zero-order valence-electron chi connectivity index (χ0n) is 12.6. The normalized spacial score (nSPS) is 32.8. The van der Waals surface area contributed by atoms with Crippen molar-refractivity contribution in [2.45, 2.75) is 38.3 Å². The molecule has 0 radical (unpaired) electrons. The van der Waals surface area contributed by atoms with Crippen LogP contribution in [0.4, 0.5) is 5.82 Å². The monoisotopic (exact) mass is 290 g/mol. The molecule has 114 valence electrons. The van der Waals surface area contributed by atoms with Gasteiger partial charge in [-0.15, -0.1) is 0 Å². The summed E-state index contributed by atoms with van der Waals surface area (Å²) in [5, 5.41) is 7.85. The zero-order valence-corrected chi connectivity index (χ0v) is 12.6. The number of aromatic nitrogens is 2. The van der Waals surface area contributed by atoms with Gasteiger partial charge >= 0.3 is 0 Å². The number of carbonyl (C=O) groups is 1. The third-order valence-corrected chi connectivity index (χ3v) is 5.14. The summed E-state index contributed by atoms with van der Waals surface area (Å²) in [5.41, 5.74) is 0.626. The average Bonchev–Trinajstić information content (AvgIpc) is 3.23. The summed E-state index contributed by atoms with van der Waals surface area (Å²) in [5.74, 6) is 1.53. The van der Waals surface area contributed by atoms with Gasteiger partial charge in [-0.3, -0.25) is 4.79 Å². The molecule has 3 aliphatic rings. The Kier molecular flexibility index (Phi) is 2.79. The topological polar surface area (TPSA) is 59.4 Å². The van der Waals surface area contributed by atoms with E-state index in [2.05, 4.69) is 24.1 Å². The minimum absolute atomic E-state index is 0.00668. The van der Waals surface area contributed by atoms with Crippen LogP contribution in [0.25, 0.3) is 0 Å². The van der Waals surface area contributed by atoms with Crippen molar-refractivity contribution in [3.05, 3.63) is 11.8 Å². The van der Waals surface area contributed by atoms with E-state index in [1.807, 2.05) is 10.7 Å². The van der Waals surface area contributed by atoms with Crippen molar-refractivity contribution in [1.82, 2.24) is 15.1 Å². The number of fused-ring (bicyclic) bond motifs is 1. The minimum atomic E-state index is -0.0724. The molecule has 21 heavy (non-hydrogen) atoms. The number of anilines is 1. The Morgan fingerprint density at radius 1 is 1.48 bits per heavy atom. The Bertz CT molecular complexity index is 580. The fraction of sp³-hybridized carbons (Fsp3) is 0.733. The Balaban J connectivity index is 1.74. The fourth-order valence-electron chi connectivity index (χ4n) is 3.57. The van der Waals surface area contributed by atoms with Gasteiger partial charge in [0.15, 0.2) is 5.82 Å². The molecule has 0 bridgehead atoms. The predicted octanol–water partition coefficient (Wildman–Crippen LogP) is 0.977. The van der Waals surface area contributed by atoms with Crippen molar-refractivity contribution < 1.29 is 9.53 Å². The van der Waals surface area contributed by atoms with Crippen LogP contribution in [-0.2, 0) is 10.3 Å². The maximum atomic E-state index is 12.2. The summed E-state index contributed by atoms with van der Waals surface area (Å²) in [6, 6.07) is 2.24. The van der Waals surface area contributed by atoms with Crippen molar-refractivity contribution >= 4 is 11.7 Å². The molecule has 2 atom stereocenters. The molecule has 6 nitrogen and oxygen atoms in total. The smallest absolute Gasteiger partial charge is 0.269 e. The molecule has 1 N–H and O–H groups in total. The predicted molar refractivity (Wildman–Crippen MR) is 78.6 cm³/mol. The number of nitrogens with zero attached hydrogens (tertiary/aromatic N) is 3. The van der Waals surface area contributed by atoms with Crippen molar-refractivity contribution in [2.24, 2.45) is 5.92 Å². The SMILES string of the molecule is C[C@@H]1COCCN1c1cc2n(n1)[C@@](C)(C1CC1)CNC2=O. The summed E-state index contributed by atoms with van der Waals surface area (Å²) in [7, 11) is 0. The van der Waals surface area contributed by atoms with Crippen LogP contribution >= 0.6 is 0 Å². The summed E-state index contributed by atoms with van der Waals surface area (Å²) >= 11 is 0. The molecule has 1 aromatic heterocycles. The molecule has 3 heterocycles. The Hall–Kier alpha value is -1.56. The molecule has 4 rings (SSSR count). The van der Waals surface area contributed by atoms with Gasteiger partial charge in [0, 0.05) is 19.2 Å². The highest BCUT2D eigenvalue weighted by molar-refractivity contribution is 5.94. The van der Waals surface area contributed by atoms with Gasteiger partial charge < -0.3 is 15.0 Å². The van der Waals surface area contributed by atoms with Gasteiger partial charge in [0.1, 0.15) is 5.69 Å². The van der Waals surface area contributed by atoms with E-state index in [0.29, 0.717) is 30.8 Å². The molecule has 0 spiro atoms. The molecule has 1 amide bonds. The van der Waals surface area contributed by atoms with Crippen molar-refractivity contribution in [1.29, 1.82) is 0 Å². The minimum Gasteiger partial charge on any atom is -0.377 e. The number of morpholine rings is 1. The molecule has 2 aliphatic heterocycles. The van der Waals surface area contributed by atoms with Gasteiger partial charge in [0.2, 0.25) is 0 Å². The first kappa shape index (κ1) is 13.1. The van der Waals surface area contributed by atoms with E-state index >= 15 is 0 Å². The van der Waals surface area contributed by atoms with Crippen LogP contribution in [0, 0.1) is 5.92 Å². The maximum absolute atomic E-state index is 12.2. The summed E-state index contributed by atoms with van der Waals surface area (Å²) in [6.45, 7) is 7.31. The summed E-state index contributed by atoms with van der Waals surface area (Å²) < 4.78 is 7.48. The molecule has 1 aromatic rings. The Morgan fingerprint density at radius 2 is 2.29 bits per heavy atom. The summed E-state index contributed by atoms with van der Waals surface area (Å²) in [6.07, 6.45) is 2.46. The number of nitrogens with one attached hydrogen (secondary N) is 1. The maximum Gasteiger partial charge on any atom is 0.269 e. The van der Waals surface area contributed by atoms with Crippen LogP contribution < -0.4 is 10.2 Å². The van der Waals surface area contributed by atoms with Crippen LogP contribution in [0.1, 0.15) is 37.2 Å². The lowest BCUT2D eigenvalue weighted by molar-refractivity contribution is 0.0846. The highest BCUT2D eigenvalue weighted by atomic mass is 16.5. The zero-order chi connectivity index (χ0) is 14.6. The van der Waals surface area contributed by atoms with Crippen molar-refractivity contribution in [3.8, 4) is 0 Å². The van der Waals surface area contributed by atoms with Gasteiger partial charge in [-0.25, -0.2) is 4.68 Å². The number of carbonyl (C=O) groups excluding carboxylic acids is 1. The van der Waals surface area contributed by atoms with E-state index in [-0.39, 0.29) is 11.4 Å². The largest absolute Gasteiger partial charge is 0.377 e. The third kappa shape index (κ3) is 1.96. The molecule has 0 unspecified atom stereocenters. The van der Waals surface area contributed by atoms with E-state index in [4.69, 9.17) is 9.84 Å². The lowest BCUT2D eigenvalue weighted by Crippen LogP contribution is -2.51. The Morgan fingerprint density at radius 3 is 3.00 bits per heavy atom. The van der Waals surface area contributed by atoms with Crippen LogP contribution in [0.15, 0.2) is 6.07 Å². The van der Waals surface area contributed by atoms with Gasteiger partial charge in [-0.2, -0.15) is 5.10 Å². The molecule has 1 aliphatic carbocycles. The van der Waals surface area contributed by atoms with Crippen LogP contribution in [0.3, 0.4) is 0 Å². The first-order valence-electron chi connectivity index (χ1n) is 7.83. The third-order valence-electron chi connectivity index (χ3n) is 5.14. The number of hydrogen-bond donors (Lipinski definition) is 1. The second-order valence-corrected chi connectivity index (χ2v) is 6.73. The molecule has 0 aromatic carbocycles. The Labute approximate surface area is 124 Å². The molecular formula is C15H22N4O2. The van der Waals surface area contributed by atoms with Crippen LogP contribution in [0.5, 0.6) is 0 Å². The standard InChI is InChI=1S/C15H22N4O2/c1-10-8-21-6-5-18(10)13-7-12-14(20)16-9-15(2,11-3-4-11)19(12)17-13/h7,10-11H,3-6,8-9H2,1-2H3,(H,16,20)/t10-,15-/m1/s1. The van der Waals surface area contributed by atoms with E-state index in [9.17, 15) is 4.79 Å². The van der Waals surface area contributed by atoms with E-state index < -0.39 is 0 Å². The number of amides is 1. The first-order chi connectivity index (χ1) is 10.1. The van der Waals surface area contributed by atoms with Crippen molar-refractivity contribution in [2.75, 3.05) is 31.2 Å². The highest BCUT2D eigenvalue weighted by Gasteiger charge is 2.48. The van der Waals surface area contributed by atoms with E-state index in [1.54, 1.807) is 0 Å². The number of hydrogen-bond acceptors (Lipinski definition) is 4. The number of rotatable bonds is 2. The fourth-order valence-corrected chi connectivity index (χ4v) is 3.57. The summed E-state index contributed by atoms with van der Waals surface area (Å²) in [4.78, 5) is 14.4. The quantitative estimate of drug-likeness (QED) is 0.882. The van der Waals surface area contributed by atoms with Gasteiger partial charge in [-0.05, 0) is 32.6 Å². The van der Waals surface area contributed by atoms with Gasteiger partial charge in [-0.1, -0.05) is 0 Å². The second-order valence-electron chi connectivity index (χ2n) is 6.73. The van der Waals surface area contributed by atoms with Crippen LogP contribution in [0.2, 0.25) is 0 Å². The van der Waals surface area contributed by atoms with Crippen LogP contribution in [-0.4, -0.2) is 48.0 Å². The van der Waals surface area contributed by atoms with E-state index in [0.717, 1.165) is 19.0 Å². The molecule has 1 saturated heterocycles. The van der Waals surface area contributed by atoms with E-state index in [1.165, 1.54) is 12.8 Å². The number of ether oxygens (including phenoxy) is 1. The highest BCUT2D eigenvalue weighted by Crippen LogP contribution is 2.45. The van der Waals surface area contributed by atoms with Crippen molar-refractivity contribution in [3.63, 3.8) is 0 Å².